The number of nitrogens with zero attached hydrogens (tertiary/aromatic N) is 3. The molecule has 0 aliphatic heterocycles. The summed E-state index contributed by atoms with van der Waals surface area (Å²) in [4.78, 5) is 24.9. The predicted molar refractivity (Wildman–Crippen MR) is 65.2 cm³/mol. The van der Waals surface area contributed by atoms with Gasteiger partial charge < -0.3 is 25.1 Å². The highest BCUT2D eigenvalue weighted by Crippen LogP contribution is 2.32. The number of nitrogens with one attached hydrogen (secondary N) is 1. The number of rotatable bonds is 7. The number of carbonyl (C=O) groups is 1. The van der Waals surface area contributed by atoms with E-state index in [0.29, 0.717) is 12.5 Å². The fourth-order valence-electron chi connectivity index (χ4n) is 1.75. The molecule has 8 heteroatoms. The largest absolute Gasteiger partial charge is 0.391 e. The molecule has 0 aromatic carbocycles. The lowest BCUT2D eigenvalue weighted by Crippen LogP contribution is -2.33. The molecule has 19 heavy (non-hydrogen) atoms. The van der Waals surface area contributed by atoms with Gasteiger partial charge in [0.25, 0.3) is 0 Å². The van der Waals surface area contributed by atoms with Gasteiger partial charge in [0.05, 0.1) is 6.10 Å². The van der Waals surface area contributed by atoms with Crippen molar-refractivity contribution in [2.45, 2.75) is 31.9 Å². The summed E-state index contributed by atoms with van der Waals surface area (Å²) in [7, 11) is 0. The number of aryl methyl sites for hydroxylation is 1. The van der Waals surface area contributed by atoms with E-state index in [0.717, 1.165) is 12.8 Å². The third-order valence-electron chi connectivity index (χ3n) is 3.08. The van der Waals surface area contributed by atoms with Crippen LogP contribution in [-0.4, -0.2) is 38.1 Å². The maximum absolute atomic E-state index is 11.5. The molecule has 1 fully saturated rings. The summed E-state index contributed by atoms with van der Waals surface area (Å²) in [6.07, 6.45) is 4.39. The molecule has 0 bridgehead atoms. The normalized spacial score (nSPS) is 16.1. The zero-order valence-electron chi connectivity index (χ0n) is 10.4. The number of nitro groups is 1. The Bertz CT molecular complexity index is 469. The number of aromatic nitrogens is 2. The van der Waals surface area contributed by atoms with Crippen LogP contribution in [0.4, 0.5) is 5.82 Å². The van der Waals surface area contributed by atoms with E-state index in [2.05, 4.69) is 10.3 Å². The summed E-state index contributed by atoms with van der Waals surface area (Å²) in [6, 6.07) is 0. The Morgan fingerprint density at radius 1 is 1.68 bits per heavy atom. The third-order valence-corrected chi connectivity index (χ3v) is 3.08. The second-order valence-corrected chi connectivity index (χ2v) is 4.69. The van der Waals surface area contributed by atoms with Crippen molar-refractivity contribution in [3.8, 4) is 0 Å². The van der Waals surface area contributed by atoms with Crippen LogP contribution in [0, 0.1) is 16.0 Å². The quantitative estimate of drug-likeness (QED) is 0.537. The Balaban J connectivity index is 1.68. The van der Waals surface area contributed by atoms with Crippen LogP contribution >= 0.6 is 0 Å². The van der Waals surface area contributed by atoms with Gasteiger partial charge in [-0.15, -0.1) is 0 Å². The van der Waals surface area contributed by atoms with Crippen LogP contribution in [-0.2, 0) is 11.3 Å². The van der Waals surface area contributed by atoms with Crippen LogP contribution in [0.3, 0.4) is 0 Å². The van der Waals surface area contributed by atoms with Crippen molar-refractivity contribution >= 4 is 11.7 Å². The fraction of sp³-hybridized carbons (Fsp3) is 0.636. The fourth-order valence-corrected chi connectivity index (χ4v) is 1.75. The first kappa shape index (κ1) is 13.5. The van der Waals surface area contributed by atoms with Crippen molar-refractivity contribution in [3.05, 3.63) is 22.6 Å². The predicted octanol–water partition coefficient (Wildman–Crippen LogP) is 0.0685. The minimum atomic E-state index is -0.581. The van der Waals surface area contributed by atoms with Gasteiger partial charge in [-0.1, -0.05) is 0 Å². The molecule has 1 aliphatic rings. The van der Waals surface area contributed by atoms with E-state index in [9.17, 15) is 20.0 Å². The summed E-state index contributed by atoms with van der Waals surface area (Å²) in [6.45, 7) is 0.597. The number of aliphatic hydroxyl groups is 1. The molecule has 1 heterocycles. The second kappa shape index (κ2) is 5.79. The molecule has 1 saturated carbocycles. The van der Waals surface area contributed by atoms with E-state index in [1.165, 1.54) is 17.1 Å². The van der Waals surface area contributed by atoms with E-state index in [4.69, 9.17) is 0 Å². The molecule has 1 aromatic rings. The van der Waals surface area contributed by atoms with Gasteiger partial charge in [-0.25, -0.2) is 0 Å². The van der Waals surface area contributed by atoms with Gasteiger partial charge in [0, 0.05) is 19.5 Å². The van der Waals surface area contributed by atoms with Crippen molar-refractivity contribution in [2.24, 2.45) is 5.92 Å². The lowest BCUT2D eigenvalue weighted by atomic mass is 10.2. The van der Waals surface area contributed by atoms with Gasteiger partial charge in [0.2, 0.25) is 12.2 Å². The smallest absolute Gasteiger partial charge is 0.381 e. The zero-order valence-corrected chi connectivity index (χ0v) is 10.4. The van der Waals surface area contributed by atoms with E-state index < -0.39 is 11.0 Å². The summed E-state index contributed by atoms with van der Waals surface area (Å²) < 4.78 is 1.50. The van der Waals surface area contributed by atoms with Crippen molar-refractivity contribution < 1.29 is 14.8 Å². The first-order chi connectivity index (χ1) is 9.06. The number of amides is 1. The monoisotopic (exact) mass is 268 g/mol. The molecule has 0 radical (unpaired) electrons. The summed E-state index contributed by atoms with van der Waals surface area (Å²) in [5.74, 6) is -0.0859. The van der Waals surface area contributed by atoms with Gasteiger partial charge >= 0.3 is 5.82 Å². The van der Waals surface area contributed by atoms with Crippen LogP contribution in [0.2, 0.25) is 0 Å². The van der Waals surface area contributed by atoms with E-state index >= 15 is 0 Å². The highest BCUT2D eigenvalue weighted by atomic mass is 16.6. The first-order valence-electron chi connectivity index (χ1n) is 6.17. The minimum Gasteiger partial charge on any atom is -0.391 e. The van der Waals surface area contributed by atoms with Gasteiger partial charge in [0.1, 0.15) is 6.20 Å². The van der Waals surface area contributed by atoms with E-state index in [1.807, 2.05) is 0 Å². The highest BCUT2D eigenvalue weighted by Gasteiger charge is 2.29. The summed E-state index contributed by atoms with van der Waals surface area (Å²) in [5, 5.41) is 22.7. The Kier molecular flexibility index (Phi) is 4.10. The number of hydrogen-bond acceptors (Lipinski definition) is 5. The molecule has 1 unspecified atom stereocenters. The maximum Gasteiger partial charge on any atom is 0.381 e. The van der Waals surface area contributed by atoms with Crippen molar-refractivity contribution in [3.63, 3.8) is 0 Å². The van der Waals surface area contributed by atoms with Gasteiger partial charge in [-0.2, -0.15) is 0 Å². The minimum absolute atomic E-state index is 0.184. The molecule has 8 nitrogen and oxygen atoms in total. The zero-order chi connectivity index (χ0) is 13.8. The van der Waals surface area contributed by atoms with Crippen LogP contribution < -0.4 is 5.32 Å². The van der Waals surface area contributed by atoms with Gasteiger partial charge in [-0.3, -0.25) is 4.79 Å². The highest BCUT2D eigenvalue weighted by molar-refractivity contribution is 5.75. The first-order valence-corrected chi connectivity index (χ1v) is 6.17. The molecule has 1 aliphatic carbocycles. The lowest BCUT2D eigenvalue weighted by Gasteiger charge is -2.10. The molecule has 104 valence electrons. The number of imidazole rings is 1. The van der Waals surface area contributed by atoms with Crippen LogP contribution in [0.25, 0.3) is 0 Å². The van der Waals surface area contributed by atoms with Gasteiger partial charge in [-0.05, 0) is 28.7 Å². The average Bonchev–Trinajstić information content (AvgIpc) is 3.12. The Labute approximate surface area is 109 Å². The topological polar surface area (TPSA) is 110 Å². The Morgan fingerprint density at radius 3 is 3.00 bits per heavy atom. The van der Waals surface area contributed by atoms with Crippen molar-refractivity contribution in [2.75, 3.05) is 6.54 Å². The van der Waals surface area contributed by atoms with Crippen molar-refractivity contribution in [1.29, 1.82) is 0 Å². The number of aliphatic hydroxyl groups excluding tert-OH is 1. The third kappa shape index (κ3) is 4.02. The van der Waals surface area contributed by atoms with Crippen LogP contribution in [0.1, 0.15) is 19.3 Å². The van der Waals surface area contributed by atoms with Crippen LogP contribution in [0.15, 0.2) is 12.5 Å². The summed E-state index contributed by atoms with van der Waals surface area (Å²) in [5.41, 5.74) is 0. The molecule has 2 rings (SSSR count). The molecular weight excluding hydrogens is 252 g/mol. The van der Waals surface area contributed by atoms with Crippen LogP contribution in [0.5, 0.6) is 0 Å². The molecular formula is C11H16N4O4. The molecule has 1 amide bonds. The van der Waals surface area contributed by atoms with Crippen molar-refractivity contribution in [1.82, 2.24) is 14.9 Å². The number of hydrogen-bond donors (Lipinski definition) is 2. The molecule has 2 N–H and O–H groups in total. The molecule has 1 aromatic heterocycles. The number of carbonyl (C=O) groups excluding carboxylic acids is 1. The molecule has 0 saturated heterocycles. The van der Waals surface area contributed by atoms with E-state index in [1.54, 1.807) is 0 Å². The second-order valence-electron chi connectivity index (χ2n) is 4.69. The Hall–Kier alpha value is -1.96. The summed E-state index contributed by atoms with van der Waals surface area (Å²) >= 11 is 0. The SMILES string of the molecule is O=C(CCn1cnc([N+](=O)[O-])c1)NCC(O)C1CC1. The molecule has 1 atom stereocenters. The maximum atomic E-state index is 11.5. The van der Waals surface area contributed by atoms with E-state index in [-0.39, 0.29) is 24.7 Å². The molecule has 0 spiro atoms. The lowest BCUT2D eigenvalue weighted by molar-refractivity contribution is -0.389. The average molecular weight is 268 g/mol. The standard InChI is InChI=1S/C11H16N4O4/c16-9(8-1-2-8)5-12-11(17)3-4-14-6-10(13-7-14)15(18)19/h6-9,16H,1-5H2,(H,12,17). The van der Waals surface area contributed by atoms with Gasteiger partial charge in [0.15, 0.2) is 0 Å². The Morgan fingerprint density at radius 2 is 2.42 bits per heavy atom.